The maximum Gasteiger partial charge on any atom is 0.337 e. The van der Waals surface area contributed by atoms with Gasteiger partial charge in [-0.15, -0.1) is 0 Å². The Kier molecular flexibility index (Phi) is 5.20. The minimum atomic E-state index is -0.898. The van der Waals surface area contributed by atoms with Crippen molar-refractivity contribution < 1.29 is 19.6 Å². The largest absolute Gasteiger partial charge is 0.489 e. The van der Waals surface area contributed by atoms with E-state index in [-0.39, 0.29) is 11.7 Å². The minimum absolute atomic E-state index is 0.0598. The summed E-state index contributed by atoms with van der Waals surface area (Å²) in [6, 6.07) is 20.1. The minimum Gasteiger partial charge on any atom is -0.489 e. The van der Waals surface area contributed by atoms with Gasteiger partial charge in [-0.2, -0.15) is 0 Å². The van der Waals surface area contributed by atoms with Crippen LogP contribution in [-0.4, -0.2) is 16.0 Å². The maximum absolute atomic E-state index is 12.0. The first-order valence-corrected chi connectivity index (χ1v) is 12.1. The van der Waals surface area contributed by atoms with Crippen LogP contribution in [0, 0.1) is 27.9 Å². The molecular weight excluding hydrogens is 444 g/mol. The lowest BCUT2D eigenvalue weighted by Crippen LogP contribution is -2.36. The van der Waals surface area contributed by atoms with Gasteiger partial charge in [-0.1, -0.05) is 24.3 Å². The van der Waals surface area contributed by atoms with Crippen LogP contribution < -0.4 is 10.1 Å². The number of fused-ring (bicyclic) bond motifs is 7. The van der Waals surface area contributed by atoms with Crippen molar-refractivity contribution in [3.63, 3.8) is 0 Å². The molecular formula is C28H26N2O5. The number of carboxylic acids is 1. The van der Waals surface area contributed by atoms with Gasteiger partial charge in [0.2, 0.25) is 0 Å². The molecule has 35 heavy (non-hydrogen) atoms. The first-order chi connectivity index (χ1) is 17.0. The van der Waals surface area contributed by atoms with E-state index in [9.17, 15) is 20.0 Å². The number of benzene rings is 3. The van der Waals surface area contributed by atoms with Crippen molar-refractivity contribution in [2.75, 3.05) is 5.32 Å². The molecule has 2 fully saturated rings. The number of hydrogen-bond donors (Lipinski definition) is 2. The molecule has 0 unspecified atom stereocenters. The summed E-state index contributed by atoms with van der Waals surface area (Å²) in [7, 11) is 0. The lowest BCUT2D eigenvalue weighted by molar-refractivity contribution is -0.384. The van der Waals surface area contributed by atoms with E-state index in [1.807, 2.05) is 18.2 Å². The average Bonchev–Trinajstić information content (AvgIpc) is 3.50. The first kappa shape index (κ1) is 21.6. The number of nitrogens with one attached hydrogen (secondary N) is 1. The number of carbonyl (C=O) groups is 1. The number of ether oxygens (including phenoxy) is 1. The highest BCUT2D eigenvalue weighted by Gasteiger charge is 2.54. The molecule has 6 rings (SSSR count). The summed E-state index contributed by atoms with van der Waals surface area (Å²) < 4.78 is 5.91. The number of aromatic carboxylic acids is 1. The summed E-state index contributed by atoms with van der Waals surface area (Å²) in [5.41, 5.74) is 4.34. The second-order valence-electron chi connectivity index (χ2n) is 9.91. The molecule has 0 amide bonds. The average molecular weight is 471 g/mol. The molecule has 178 valence electrons. The molecule has 3 aromatic carbocycles. The third-order valence-electron chi connectivity index (χ3n) is 8.14. The molecule has 0 saturated heterocycles. The monoisotopic (exact) mass is 470 g/mol. The Hall–Kier alpha value is -3.87. The fourth-order valence-electron chi connectivity index (χ4n) is 6.67. The number of anilines is 1. The Morgan fingerprint density at radius 3 is 2.49 bits per heavy atom. The number of nitrogens with zero attached hydrogens (tertiary/aromatic N) is 1. The van der Waals surface area contributed by atoms with Crippen LogP contribution >= 0.6 is 0 Å². The lowest BCUT2D eigenvalue weighted by atomic mass is 9.67. The SMILES string of the molecule is O=C(O)c1cccc2c1N[C@H](c1ccc(OCc3ccc([N+](=O)[O-])cc3)cc1)[C@H]1[C@H]3CC[C@@H](C3)[C@H]21. The number of rotatable bonds is 6. The number of non-ortho nitro benzene ring substituents is 1. The van der Waals surface area contributed by atoms with Gasteiger partial charge >= 0.3 is 5.97 Å². The van der Waals surface area contributed by atoms with Crippen LogP contribution in [0.1, 0.15) is 58.3 Å². The Morgan fingerprint density at radius 1 is 1.03 bits per heavy atom. The topological polar surface area (TPSA) is 102 Å². The maximum atomic E-state index is 12.0. The fourth-order valence-corrected chi connectivity index (χ4v) is 6.67. The van der Waals surface area contributed by atoms with Gasteiger partial charge in [0.05, 0.1) is 22.2 Å². The van der Waals surface area contributed by atoms with Crippen LogP contribution in [0.2, 0.25) is 0 Å². The van der Waals surface area contributed by atoms with Gasteiger partial charge in [-0.3, -0.25) is 10.1 Å². The molecule has 1 heterocycles. The van der Waals surface area contributed by atoms with Crippen molar-refractivity contribution in [2.45, 2.75) is 37.8 Å². The van der Waals surface area contributed by atoms with E-state index in [0.717, 1.165) is 22.6 Å². The molecule has 7 nitrogen and oxygen atoms in total. The molecule has 3 aromatic rings. The van der Waals surface area contributed by atoms with E-state index >= 15 is 0 Å². The molecule has 2 aliphatic carbocycles. The zero-order valence-corrected chi connectivity index (χ0v) is 19.1. The number of nitro benzene ring substituents is 1. The predicted molar refractivity (Wildman–Crippen MR) is 131 cm³/mol. The highest BCUT2D eigenvalue weighted by molar-refractivity contribution is 5.95. The summed E-state index contributed by atoms with van der Waals surface area (Å²) in [4.78, 5) is 22.4. The molecule has 2 saturated carbocycles. The number of carboxylic acid groups (broad SMARTS) is 1. The van der Waals surface area contributed by atoms with Crippen molar-refractivity contribution in [1.29, 1.82) is 0 Å². The molecule has 0 radical (unpaired) electrons. The van der Waals surface area contributed by atoms with Crippen LogP contribution in [0.5, 0.6) is 5.75 Å². The zero-order chi connectivity index (χ0) is 24.1. The molecule has 7 heteroatoms. The Morgan fingerprint density at radius 2 is 1.77 bits per heavy atom. The molecule has 3 aliphatic rings. The predicted octanol–water partition coefficient (Wildman–Crippen LogP) is 6.17. The summed E-state index contributed by atoms with van der Waals surface area (Å²) in [6.45, 7) is 0.322. The fraction of sp³-hybridized carbons (Fsp3) is 0.321. The van der Waals surface area contributed by atoms with Gasteiger partial charge in [-0.05, 0) is 90.0 Å². The van der Waals surface area contributed by atoms with E-state index in [4.69, 9.17) is 4.74 Å². The van der Waals surface area contributed by atoms with Crippen LogP contribution in [0.15, 0.2) is 66.7 Å². The molecule has 0 aromatic heterocycles. The number of hydrogen-bond acceptors (Lipinski definition) is 5. The molecule has 2 bridgehead atoms. The molecule has 2 N–H and O–H groups in total. The van der Waals surface area contributed by atoms with Crippen molar-refractivity contribution in [3.8, 4) is 5.75 Å². The Bertz CT molecular complexity index is 1290. The summed E-state index contributed by atoms with van der Waals surface area (Å²) in [5, 5.41) is 24.3. The Labute approximate surface area is 202 Å². The van der Waals surface area contributed by atoms with Crippen molar-refractivity contribution >= 4 is 17.3 Å². The molecule has 1 aliphatic heterocycles. The van der Waals surface area contributed by atoms with Crippen LogP contribution in [0.4, 0.5) is 11.4 Å². The second-order valence-corrected chi connectivity index (χ2v) is 9.91. The van der Waals surface area contributed by atoms with E-state index in [2.05, 4.69) is 23.5 Å². The number of para-hydroxylation sites is 1. The zero-order valence-electron chi connectivity index (χ0n) is 19.1. The van der Waals surface area contributed by atoms with Gasteiger partial charge in [0.1, 0.15) is 12.4 Å². The summed E-state index contributed by atoms with van der Waals surface area (Å²) in [5.74, 6) is 1.96. The normalized spacial score (nSPS) is 25.9. The van der Waals surface area contributed by atoms with E-state index in [0.29, 0.717) is 35.8 Å². The van der Waals surface area contributed by atoms with E-state index < -0.39 is 10.9 Å². The smallest absolute Gasteiger partial charge is 0.337 e. The van der Waals surface area contributed by atoms with Crippen molar-refractivity contribution in [1.82, 2.24) is 0 Å². The van der Waals surface area contributed by atoms with Crippen LogP contribution in [-0.2, 0) is 6.61 Å². The first-order valence-electron chi connectivity index (χ1n) is 12.1. The number of nitro groups is 1. The van der Waals surface area contributed by atoms with Crippen molar-refractivity contribution in [2.24, 2.45) is 17.8 Å². The lowest BCUT2D eigenvalue weighted by Gasteiger charge is -2.44. The highest BCUT2D eigenvalue weighted by Crippen LogP contribution is 2.64. The van der Waals surface area contributed by atoms with Gasteiger partial charge in [0, 0.05) is 12.1 Å². The molecule has 0 spiro atoms. The standard InChI is InChI=1S/C28H26N2O5/c31-28(32)23-3-1-2-22-24-18-6-7-19(14-18)25(24)26(29-27(22)23)17-8-12-21(13-9-17)35-15-16-4-10-20(11-5-16)30(33)34/h1-5,8-13,18-19,24-26,29H,6-7,14-15H2,(H,31,32)/t18-,19-,24+,25-,26+/m0/s1. The van der Waals surface area contributed by atoms with Gasteiger partial charge < -0.3 is 15.2 Å². The third-order valence-corrected chi connectivity index (χ3v) is 8.14. The quantitative estimate of drug-likeness (QED) is 0.330. The van der Waals surface area contributed by atoms with E-state index in [1.165, 1.54) is 37.0 Å². The van der Waals surface area contributed by atoms with Gasteiger partial charge in [-0.25, -0.2) is 4.79 Å². The second kappa shape index (κ2) is 8.41. The summed E-state index contributed by atoms with van der Waals surface area (Å²) in [6.07, 6.45) is 3.69. The molecule has 5 atom stereocenters. The third kappa shape index (κ3) is 3.71. The van der Waals surface area contributed by atoms with Gasteiger partial charge in [0.25, 0.3) is 5.69 Å². The Balaban J connectivity index is 1.24. The summed E-state index contributed by atoms with van der Waals surface area (Å²) >= 11 is 0. The van der Waals surface area contributed by atoms with Gasteiger partial charge in [0.15, 0.2) is 0 Å². The van der Waals surface area contributed by atoms with Crippen LogP contribution in [0.25, 0.3) is 0 Å². The van der Waals surface area contributed by atoms with Crippen molar-refractivity contribution in [3.05, 3.63) is 99.1 Å². The van der Waals surface area contributed by atoms with Crippen LogP contribution in [0.3, 0.4) is 0 Å². The van der Waals surface area contributed by atoms with E-state index in [1.54, 1.807) is 18.2 Å². The highest BCUT2D eigenvalue weighted by atomic mass is 16.6.